The number of carbonyl (C=O) groups excluding carboxylic acids is 1. The fraction of sp³-hybridized carbons (Fsp3) is 0.722. The highest BCUT2D eigenvalue weighted by atomic mass is 16.3. The van der Waals surface area contributed by atoms with E-state index in [2.05, 4.69) is 12.2 Å². The van der Waals surface area contributed by atoms with Crippen LogP contribution in [0.15, 0.2) is 24.5 Å². The summed E-state index contributed by atoms with van der Waals surface area (Å²) in [4.78, 5) is 12.3. The summed E-state index contributed by atoms with van der Waals surface area (Å²) in [7, 11) is 0. The van der Waals surface area contributed by atoms with E-state index >= 15 is 0 Å². The van der Waals surface area contributed by atoms with Crippen molar-refractivity contribution in [2.24, 2.45) is 17.3 Å². The second kappa shape index (κ2) is 4.85. The van der Waals surface area contributed by atoms with Gasteiger partial charge in [0.1, 0.15) is 6.54 Å². The molecule has 4 heteroatoms. The monoisotopic (exact) mass is 302 g/mol. The van der Waals surface area contributed by atoms with E-state index in [0.29, 0.717) is 18.4 Å². The first-order valence-corrected chi connectivity index (χ1v) is 8.59. The van der Waals surface area contributed by atoms with Crippen LogP contribution in [0.3, 0.4) is 0 Å². The summed E-state index contributed by atoms with van der Waals surface area (Å²) < 4.78 is 1.90. The Morgan fingerprint density at radius 1 is 1.27 bits per heavy atom. The van der Waals surface area contributed by atoms with Gasteiger partial charge in [-0.25, -0.2) is 0 Å². The lowest BCUT2D eigenvalue weighted by Gasteiger charge is -2.62. The molecular formula is C18H26N2O2. The third-order valence-corrected chi connectivity index (χ3v) is 6.36. The van der Waals surface area contributed by atoms with Gasteiger partial charge >= 0.3 is 0 Å². The molecule has 22 heavy (non-hydrogen) atoms. The molecule has 1 aromatic rings. The van der Waals surface area contributed by atoms with Gasteiger partial charge in [0.2, 0.25) is 5.91 Å². The van der Waals surface area contributed by atoms with Gasteiger partial charge in [-0.15, -0.1) is 0 Å². The molecule has 4 fully saturated rings. The summed E-state index contributed by atoms with van der Waals surface area (Å²) in [6.07, 6.45) is 10.3. The molecule has 3 atom stereocenters. The first-order valence-electron chi connectivity index (χ1n) is 8.59. The predicted octanol–water partition coefficient (Wildman–Crippen LogP) is 2.32. The van der Waals surface area contributed by atoms with Crippen molar-refractivity contribution < 1.29 is 9.90 Å². The molecule has 4 bridgehead atoms. The van der Waals surface area contributed by atoms with E-state index in [1.54, 1.807) is 0 Å². The Balaban J connectivity index is 1.46. The summed E-state index contributed by atoms with van der Waals surface area (Å²) in [6.45, 7) is 2.52. The number of hydrogen-bond acceptors (Lipinski definition) is 2. The largest absolute Gasteiger partial charge is 0.390 e. The average molecular weight is 302 g/mol. The molecule has 5 rings (SSSR count). The molecule has 4 saturated carbocycles. The van der Waals surface area contributed by atoms with Crippen LogP contribution in [0.1, 0.15) is 45.4 Å². The minimum atomic E-state index is -0.455. The number of rotatable bonds is 4. The maximum atomic E-state index is 12.3. The maximum Gasteiger partial charge on any atom is 0.240 e. The van der Waals surface area contributed by atoms with Gasteiger partial charge in [-0.1, -0.05) is 0 Å². The second-order valence-corrected chi connectivity index (χ2v) is 8.19. The molecule has 0 aromatic carbocycles. The molecule has 1 amide bonds. The number of aromatic nitrogens is 1. The average Bonchev–Trinajstić information content (AvgIpc) is 2.88. The molecule has 3 unspecified atom stereocenters. The third kappa shape index (κ3) is 2.37. The molecule has 120 valence electrons. The highest BCUT2D eigenvalue weighted by Crippen LogP contribution is 2.62. The van der Waals surface area contributed by atoms with Gasteiger partial charge in [0, 0.05) is 18.4 Å². The minimum absolute atomic E-state index is 0.0754. The summed E-state index contributed by atoms with van der Waals surface area (Å²) >= 11 is 0. The SMILES string of the molecule is CC(NC(=O)Cn1cccc1)C12CC3CC(CC(O)(C3)C1)C2. The lowest BCUT2D eigenvalue weighted by atomic mass is 9.46. The Morgan fingerprint density at radius 3 is 2.50 bits per heavy atom. The molecule has 0 radical (unpaired) electrons. The Kier molecular flexibility index (Phi) is 3.16. The van der Waals surface area contributed by atoms with Gasteiger partial charge in [-0.2, -0.15) is 0 Å². The summed E-state index contributed by atoms with van der Waals surface area (Å²) in [5, 5.41) is 14.1. The van der Waals surface area contributed by atoms with Crippen LogP contribution in [0.2, 0.25) is 0 Å². The molecule has 0 spiro atoms. The Morgan fingerprint density at radius 2 is 1.91 bits per heavy atom. The topological polar surface area (TPSA) is 54.3 Å². The maximum absolute atomic E-state index is 12.3. The smallest absolute Gasteiger partial charge is 0.240 e. The van der Waals surface area contributed by atoms with Crippen LogP contribution in [0, 0.1) is 17.3 Å². The normalized spacial score (nSPS) is 40.6. The third-order valence-electron chi connectivity index (χ3n) is 6.36. The molecule has 1 heterocycles. The van der Waals surface area contributed by atoms with Crippen molar-refractivity contribution in [3.05, 3.63) is 24.5 Å². The minimum Gasteiger partial charge on any atom is -0.390 e. The summed E-state index contributed by atoms with van der Waals surface area (Å²) in [6, 6.07) is 4.02. The van der Waals surface area contributed by atoms with Crippen molar-refractivity contribution in [2.45, 2.75) is 63.6 Å². The van der Waals surface area contributed by atoms with Crippen molar-refractivity contribution in [3.63, 3.8) is 0 Å². The van der Waals surface area contributed by atoms with Crippen LogP contribution >= 0.6 is 0 Å². The van der Waals surface area contributed by atoms with E-state index < -0.39 is 5.60 Å². The van der Waals surface area contributed by atoms with Gasteiger partial charge in [0.15, 0.2) is 0 Å². The highest BCUT2D eigenvalue weighted by Gasteiger charge is 2.58. The van der Waals surface area contributed by atoms with E-state index in [1.165, 1.54) is 19.3 Å². The van der Waals surface area contributed by atoms with E-state index in [-0.39, 0.29) is 17.4 Å². The van der Waals surface area contributed by atoms with Crippen molar-refractivity contribution >= 4 is 5.91 Å². The van der Waals surface area contributed by atoms with Crippen molar-refractivity contribution in [1.82, 2.24) is 9.88 Å². The van der Waals surface area contributed by atoms with Crippen LogP contribution in [-0.4, -0.2) is 27.2 Å². The van der Waals surface area contributed by atoms with Crippen LogP contribution in [0.5, 0.6) is 0 Å². The number of amides is 1. The number of carbonyl (C=O) groups is 1. The zero-order valence-corrected chi connectivity index (χ0v) is 13.3. The lowest BCUT2D eigenvalue weighted by molar-refractivity contribution is -0.173. The van der Waals surface area contributed by atoms with Gasteiger partial charge < -0.3 is 15.0 Å². The molecule has 2 N–H and O–H groups in total. The molecule has 4 aliphatic rings. The molecule has 4 aliphatic carbocycles. The van der Waals surface area contributed by atoms with E-state index in [4.69, 9.17) is 0 Å². The van der Waals surface area contributed by atoms with Gasteiger partial charge in [-0.05, 0) is 74.8 Å². The van der Waals surface area contributed by atoms with E-state index in [1.807, 2.05) is 29.1 Å². The summed E-state index contributed by atoms with van der Waals surface area (Å²) in [5.41, 5.74) is -0.339. The Bertz CT molecular complexity index is 552. The van der Waals surface area contributed by atoms with Gasteiger partial charge in [-0.3, -0.25) is 4.79 Å². The number of aliphatic hydroxyl groups is 1. The standard InChI is InChI=1S/C18H26N2O2/c1-13(19-16(21)11-20-4-2-3-5-20)17-7-14-6-15(8-17)10-18(22,9-14)12-17/h2-5,13-15,22H,6-12H2,1H3,(H,19,21). The van der Waals surface area contributed by atoms with E-state index in [0.717, 1.165) is 19.3 Å². The second-order valence-electron chi connectivity index (χ2n) is 8.19. The highest BCUT2D eigenvalue weighted by molar-refractivity contribution is 5.76. The Labute approximate surface area is 131 Å². The molecule has 4 nitrogen and oxygen atoms in total. The zero-order valence-electron chi connectivity index (χ0n) is 13.3. The van der Waals surface area contributed by atoms with Crippen molar-refractivity contribution in [2.75, 3.05) is 0 Å². The van der Waals surface area contributed by atoms with Crippen molar-refractivity contribution in [3.8, 4) is 0 Å². The van der Waals surface area contributed by atoms with Crippen LogP contribution in [0.25, 0.3) is 0 Å². The van der Waals surface area contributed by atoms with Gasteiger partial charge in [0.05, 0.1) is 5.60 Å². The molecule has 1 aromatic heterocycles. The van der Waals surface area contributed by atoms with Gasteiger partial charge in [0.25, 0.3) is 0 Å². The van der Waals surface area contributed by atoms with Crippen LogP contribution in [-0.2, 0) is 11.3 Å². The first-order chi connectivity index (χ1) is 10.5. The van der Waals surface area contributed by atoms with Crippen LogP contribution < -0.4 is 5.32 Å². The number of nitrogens with zero attached hydrogens (tertiary/aromatic N) is 1. The predicted molar refractivity (Wildman–Crippen MR) is 84.1 cm³/mol. The van der Waals surface area contributed by atoms with E-state index in [9.17, 15) is 9.90 Å². The van der Waals surface area contributed by atoms with Crippen LogP contribution in [0.4, 0.5) is 0 Å². The number of hydrogen-bond donors (Lipinski definition) is 2. The fourth-order valence-corrected chi connectivity index (χ4v) is 5.87. The fourth-order valence-electron chi connectivity index (χ4n) is 5.87. The molecule has 0 saturated heterocycles. The Hall–Kier alpha value is -1.29. The van der Waals surface area contributed by atoms with Crippen molar-refractivity contribution in [1.29, 1.82) is 0 Å². The molecular weight excluding hydrogens is 276 g/mol. The quantitative estimate of drug-likeness (QED) is 0.897. The lowest BCUT2D eigenvalue weighted by Crippen LogP contribution is -2.61. The molecule has 0 aliphatic heterocycles. The number of nitrogens with one attached hydrogen (secondary N) is 1. The first kappa shape index (κ1) is 14.3. The summed E-state index contributed by atoms with van der Waals surface area (Å²) in [5.74, 6) is 1.40. The zero-order chi connectivity index (χ0) is 15.4.